The van der Waals surface area contributed by atoms with Gasteiger partial charge in [0, 0.05) is 24.7 Å². The Hall–Kier alpha value is -2.30. The summed E-state index contributed by atoms with van der Waals surface area (Å²) in [5.74, 6) is 2.28. The van der Waals surface area contributed by atoms with Gasteiger partial charge in [0.2, 0.25) is 0 Å². The van der Waals surface area contributed by atoms with Crippen LogP contribution in [0.15, 0.2) is 45.9 Å². The molecule has 1 aromatic carbocycles. The lowest BCUT2D eigenvalue weighted by Crippen LogP contribution is -2.42. The summed E-state index contributed by atoms with van der Waals surface area (Å²) in [6.07, 6.45) is 2.33. The maximum atomic E-state index is 5.41. The van der Waals surface area contributed by atoms with Crippen molar-refractivity contribution in [2.24, 2.45) is 10.9 Å². The number of nitrogens with zero attached hydrogens (tertiary/aromatic N) is 2. The number of hydrogen-bond acceptors (Lipinski definition) is 3. The van der Waals surface area contributed by atoms with Crippen LogP contribution in [0.3, 0.4) is 0 Å². The first-order chi connectivity index (χ1) is 11.6. The molecule has 0 saturated carbocycles. The van der Waals surface area contributed by atoms with Crippen molar-refractivity contribution in [3.05, 3.63) is 42.1 Å². The highest BCUT2D eigenvalue weighted by atomic mass is 16.5. The van der Waals surface area contributed by atoms with Crippen LogP contribution in [-0.4, -0.2) is 24.2 Å². The molecule has 1 heterocycles. The summed E-state index contributed by atoms with van der Waals surface area (Å²) in [6.45, 7) is 7.25. The van der Waals surface area contributed by atoms with Gasteiger partial charge in [-0.25, -0.2) is 0 Å². The van der Waals surface area contributed by atoms with Gasteiger partial charge in [-0.05, 0) is 25.7 Å². The Kier molecular flexibility index (Phi) is 6.85. The van der Waals surface area contributed by atoms with Gasteiger partial charge in [-0.1, -0.05) is 49.3 Å². The van der Waals surface area contributed by atoms with E-state index in [-0.39, 0.29) is 0 Å². The average molecular weight is 328 g/mol. The molecule has 0 aliphatic heterocycles. The number of aliphatic imine (C=N–C) groups is 1. The van der Waals surface area contributed by atoms with Crippen molar-refractivity contribution in [2.75, 3.05) is 7.05 Å². The molecule has 24 heavy (non-hydrogen) atoms. The number of aromatic nitrogens is 1. The van der Waals surface area contributed by atoms with Crippen LogP contribution in [0.25, 0.3) is 11.3 Å². The van der Waals surface area contributed by atoms with E-state index < -0.39 is 0 Å². The fourth-order valence-corrected chi connectivity index (χ4v) is 2.39. The molecule has 5 heteroatoms. The van der Waals surface area contributed by atoms with Crippen LogP contribution < -0.4 is 10.6 Å². The van der Waals surface area contributed by atoms with E-state index in [1.807, 2.05) is 36.4 Å². The molecule has 0 aliphatic carbocycles. The highest BCUT2D eigenvalue weighted by Crippen LogP contribution is 2.19. The monoisotopic (exact) mass is 328 g/mol. The van der Waals surface area contributed by atoms with Crippen molar-refractivity contribution in [1.29, 1.82) is 0 Å². The van der Waals surface area contributed by atoms with Crippen molar-refractivity contribution >= 4 is 5.96 Å². The predicted molar refractivity (Wildman–Crippen MR) is 98.8 cm³/mol. The maximum Gasteiger partial charge on any atom is 0.191 e. The van der Waals surface area contributed by atoms with Crippen LogP contribution >= 0.6 is 0 Å². The van der Waals surface area contributed by atoms with E-state index in [0.717, 1.165) is 35.3 Å². The molecule has 0 spiro atoms. The molecule has 2 rings (SSSR count). The highest BCUT2D eigenvalue weighted by Gasteiger charge is 2.09. The first-order valence-corrected chi connectivity index (χ1v) is 8.56. The molecule has 1 atom stereocenters. The molecule has 1 unspecified atom stereocenters. The minimum Gasteiger partial charge on any atom is -0.356 e. The third-order valence-electron chi connectivity index (χ3n) is 3.84. The lowest BCUT2D eigenvalue weighted by Gasteiger charge is -2.18. The van der Waals surface area contributed by atoms with Crippen molar-refractivity contribution < 1.29 is 4.52 Å². The molecule has 0 saturated heterocycles. The summed E-state index contributed by atoms with van der Waals surface area (Å²) in [4.78, 5) is 4.27. The Morgan fingerprint density at radius 2 is 1.92 bits per heavy atom. The van der Waals surface area contributed by atoms with Gasteiger partial charge < -0.3 is 15.2 Å². The van der Waals surface area contributed by atoms with Crippen LogP contribution in [0.5, 0.6) is 0 Å². The quantitative estimate of drug-likeness (QED) is 0.599. The molecule has 0 bridgehead atoms. The number of rotatable bonds is 7. The summed E-state index contributed by atoms with van der Waals surface area (Å²) in [6, 6.07) is 12.3. The zero-order chi connectivity index (χ0) is 17.4. The summed E-state index contributed by atoms with van der Waals surface area (Å²) in [5.41, 5.74) is 1.88. The molecule has 5 nitrogen and oxygen atoms in total. The van der Waals surface area contributed by atoms with Gasteiger partial charge in [0.1, 0.15) is 5.69 Å². The Bertz CT molecular complexity index is 634. The molecule has 0 radical (unpaired) electrons. The molecule has 1 aromatic heterocycles. The third-order valence-corrected chi connectivity index (χ3v) is 3.84. The zero-order valence-electron chi connectivity index (χ0n) is 15.0. The van der Waals surface area contributed by atoms with Crippen LogP contribution in [0.2, 0.25) is 0 Å². The number of hydrogen-bond donors (Lipinski definition) is 2. The second-order valence-electron chi connectivity index (χ2n) is 6.49. The van der Waals surface area contributed by atoms with E-state index in [1.165, 1.54) is 6.42 Å². The summed E-state index contributed by atoms with van der Waals surface area (Å²) >= 11 is 0. The minimum absolute atomic E-state index is 0.385. The van der Waals surface area contributed by atoms with Crippen LogP contribution in [0.1, 0.15) is 39.3 Å². The van der Waals surface area contributed by atoms with Gasteiger partial charge in [-0.3, -0.25) is 4.99 Å². The van der Waals surface area contributed by atoms with Crippen LogP contribution in [-0.2, 0) is 6.54 Å². The zero-order valence-corrected chi connectivity index (χ0v) is 15.0. The van der Waals surface area contributed by atoms with Gasteiger partial charge in [-0.15, -0.1) is 0 Å². The van der Waals surface area contributed by atoms with Crippen molar-refractivity contribution in [2.45, 2.75) is 46.2 Å². The maximum absolute atomic E-state index is 5.41. The predicted octanol–water partition coefficient (Wildman–Crippen LogP) is 3.83. The molecular weight excluding hydrogens is 300 g/mol. The molecule has 0 fully saturated rings. The Balaban J connectivity index is 1.84. The summed E-state index contributed by atoms with van der Waals surface area (Å²) in [7, 11) is 1.78. The fraction of sp³-hybridized carbons (Fsp3) is 0.474. The third kappa shape index (κ3) is 5.72. The molecule has 0 aliphatic rings. The van der Waals surface area contributed by atoms with Gasteiger partial charge in [0.15, 0.2) is 11.7 Å². The Morgan fingerprint density at radius 3 is 2.58 bits per heavy atom. The average Bonchev–Trinajstić information content (AvgIpc) is 3.06. The lowest BCUT2D eigenvalue weighted by molar-refractivity contribution is 0.422. The lowest BCUT2D eigenvalue weighted by atomic mass is 10.0. The van der Waals surface area contributed by atoms with Crippen molar-refractivity contribution in [1.82, 2.24) is 15.8 Å². The molecule has 0 amide bonds. The number of nitrogens with one attached hydrogen (secondary N) is 2. The van der Waals surface area contributed by atoms with Crippen molar-refractivity contribution in [3.63, 3.8) is 0 Å². The second-order valence-corrected chi connectivity index (χ2v) is 6.49. The van der Waals surface area contributed by atoms with Gasteiger partial charge in [0.25, 0.3) is 0 Å². The van der Waals surface area contributed by atoms with Gasteiger partial charge in [-0.2, -0.15) is 0 Å². The Morgan fingerprint density at radius 1 is 1.17 bits per heavy atom. The van der Waals surface area contributed by atoms with E-state index in [2.05, 4.69) is 41.6 Å². The van der Waals surface area contributed by atoms with E-state index in [0.29, 0.717) is 12.6 Å². The molecule has 130 valence electrons. The van der Waals surface area contributed by atoms with E-state index in [4.69, 9.17) is 4.52 Å². The molecular formula is C19H28N4O. The summed E-state index contributed by atoms with van der Waals surface area (Å²) in [5, 5.41) is 10.8. The second kappa shape index (κ2) is 9.11. The highest BCUT2D eigenvalue weighted by molar-refractivity contribution is 5.79. The first kappa shape index (κ1) is 18.0. The standard InChI is InChI=1S/C19H28N4O/c1-14(2)10-11-15(3)22-19(20-4)21-13-17-12-18(24-23-17)16-8-6-5-7-9-16/h5-9,12,14-15H,10-11,13H2,1-4H3,(H2,20,21,22). The minimum atomic E-state index is 0.385. The topological polar surface area (TPSA) is 62.5 Å². The van der Waals surface area contributed by atoms with Crippen LogP contribution in [0, 0.1) is 5.92 Å². The molecule has 2 N–H and O–H groups in total. The van der Waals surface area contributed by atoms with E-state index in [9.17, 15) is 0 Å². The van der Waals surface area contributed by atoms with Crippen LogP contribution in [0.4, 0.5) is 0 Å². The number of guanidine groups is 1. The van der Waals surface area contributed by atoms with E-state index in [1.54, 1.807) is 7.05 Å². The normalized spacial score (nSPS) is 13.1. The number of benzene rings is 1. The van der Waals surface area contributed by atoms with Gasteiger partial charge >= 0.3 is 0 Å². The summed E-state index contributed by atoms with van der Waals surface area (Å²) < 4.78 is 5.41. The largest absolute Gasteiger partial charge is 0.356 e. The Labute approximate surface area is 144 Å². The van der Waals surface area contributed by atoms with E-state index >= 15 is 0 Å². The fourth-order valence-electron chi connectivity index (χ4n) is 2.39. The first-order valence-electron chi connectivity index (χ1n) is 8.56. The smallest absolute Gasteiger partial charge is 0.191 e. The molecule has 2 aromatic rings. The van der Waals surface area contributed by atoms with Gasteiger partial charge in [0.05, 0.1) is 6.54 Å². The SMILES string of the molecule is CN=C(NCc1cc(-c2ccccc2)on1)NC(C)CCC(C)C. The van der Waals surface area contributed by atoms with Crippen molar-refractivity contribution in [3.8, 4) is 11.3 Å².